The normalized spacial score (nSPS) is 32.1. The van der Waals surface area contributed by atoms with E-state index in [1.807, 2.05) is 0 Å². The molecule has 70 valence electrons. The van der Waals surface area contributed by atoms with E-state index in [9.17, 15) is 0 Å². The van der Waals surface area contributed by atoms with Crippen molar-refractivity contribution >= 4 is 27.3 Å². The summed E-state index contributed by atoms with van der Waals surface area (Å²) in [6.07, 6.45) is 1.48. The first-order chi connectivity index (χ1) is 6.31. The zero-order chi connectivity index (χ0) is 8.84. The summed E-state index contributed by atoms with van der Waals surface area (Å²) in [6, 6.07) is 0. The Morgan fingerprint density at radius 1 is 1.54 bits per heavy atom. The minimum atomic E-state index is 0.983. The van der Waals surface area contributed by atoms with E-state index < -0.39 is 0 Å². The molecule has 0 unspecified atom stereocenters. The van der Waals surface area contributed by atoms with Gasteiger partial charge in [0.05, 0.1) is 6.54 Å². The molecule has 0 spiro atoms. The van der Waals surface area contributed by atoms with E-state index in [2.05, 4.69) is 31.2 Å². The van der Waals surface area contributed by atoms with Crippen LogP contribution in [0, 0.1) is 11.8 Å². The SMILES string of the molecule is Brc1csc(CN2C[C@H]3C[C@@H]3C2)n1. The average Bonchev–Trinajstić information content (AvgIpc) is 2.55. The largest absolute Gasteiger partial charge is 0.296 e. The van der Waals surface area contributed by atoms with E-state index in [0.717, 1.165) is 23.0 Å². The molecule has 13 heavy (non-hydrogen) atoms. The molecule has 0 N–H and O–H groups in total. The molecular formula is C9H11BrN2S. The van der Waals surface area contributed by atoms with Crippen molar-refractivity contribution in [1.29, 1.82) is 0 Å². The van der Waals surface area contributed by atoms with Crippen LogP contribution in [0.5, 0.6) is 0 Å². The molecule has 2 atom stereocenters. The molecule has 0 amide bonds. The van der Waals surface area contributed by atoms with Crippen LogP contribution in [-0.2, 0) is 6.54 Å². The summed E-state index contributed by atoms with van der Waals surface area (Å²) < 4.78 is 0.983. The Hall–Kier alpha value is 0.0700. The van der Waals surface area contributed by atoms with Crippen LogP contribution in [0.1, 0.15) is 11.4 Å². The van der Waals surface area contributed by atoms with E-state index in [4.69, 9.17) is 0 Å². The minimum absolute atomic E-state index is 0.983. The molecule has 0 radical (unpaired) electrons. The van der Waals surface area contributed by atoms with Gasteiger partial charge in [0.15, 0.2) is 0 Å². The molecule has 1 aromatic heterocycles. The fourth-order valence-corrected chi connectivity index (χ4v) is 3.48. The van der Waals surface area contributed by atoms with Gasteiger partial charge in [0.25, 0.3) is 0 Å². The van der Waals surface area contributed by atoms with Crippen molar-refractivity contribution in [3.63, 3.8) is 0 Å². The highest BCUT2D eigenvalue weighted by Gasteiger charge is 2.44. The van der Waals surface area contributed by atoms with Gasteiger partial charge >= 0.3 is 0 Å². The first kappa shape index (κ1) is 8.38. The number of rotatable bonds is 2. The molecule has 1 saturated carbocycles. The smallest absolute Gasteiger partial charge is 0.117 e. The number of aromatic nitrogens is 1. The van der Waals surface area contributed by atoms with Gasteiger partial charge in [0.2, 0.25) is 0 Å². The van der Waals surface area contributed by atoms with Crippen molar-refractivity contribution in [2.24, 2.45) is 11.8 Å². The highest BCUT2D eigenvalue weighted by atomic mass is 79.9. The summed E-state index contributed by atoms with van der Waals surface area (Å²) >= 11 is 5.14. The quantitative estimate of drug-likeness (QED) is 0.810. The van der Waals surface area contributed by atoms with Gasteiger partial charge in [0, 0.05) is 18.5 Å². The Bertz CT molecular complexity index is 315. The summed E-state index contributed by atoms with van der Waals surface area (Å²) in [7, 11) is 0. The second kappa shape index (κ2) is 3.04. The van der Waals surface area contributed by atoms with Gasteiger partial charge in [-0.15, -0.1) is 11.3 Å². The summed E-state index contributed by atoms with van der Waals surface area (Å²) in [4.78, 5) is 6.94. The van der Waals surface area contributed by atoms with E-state index >= 15 is 0 Å². The second-order valence-electron chi connectivity index (χ2n) is 4.01. The Balaban J connectivity index is 1.63. The van der Waals surface area contributed by atoms with Crippen LogP contribution < -0.4 is 0 Å². The molecule has 0 aromatic carbocycles. The summed E-state index contributed by atoms with van der Waals surface area (Å²) in [6.45, 7) is 3.67. The topological polar surface area (TPSA) is 16.1 Å². The monoisotopic (exact) mass is 258 g/mol. The van der Waals surface area contributed by atoms with Crippen LogP contribution in [0.4, 0.5) is 0 Å². The molecule has 1 aliphatic heterocycles. The number of fused-ring (bicyclic) bond motifs is 1. The summed E-state index contributed by atoms with van der Waals surface area (Å²) in [5, 5.41) is 3.31. The van der Waals surface area contributed by atoms with Crippen LogP contribution in [-0.4, -0.2) is 23.0 Å². The Kier molecular flexibility index (Phi) is 1.96. The molecule has 2 nitrogen and oxygen atoms in total. The maximum atomic E-state index is 4.41. The van der Waals surface area contributed by atoms with Crippen molar-refractivity contribution in [2.45, 2.75) is 13.0 Å². The molecule has 2 fully saturated rings. The molecule has 1 saturated heterocycles. The Labute approximate surface area is 90.1 Å². The predicted molar refractivity (Wildman–Crippen MR) is 56.7 cm³/mol. The molecule has 0 bridgehead atoms. The number of likely N-dealkylation sites (tertiary alicyclic amines) is 1. The van der Waals surface area contributed by atoms with E-state index in [1.54, 1.807) is 11.3 Å². The zero-order valence-corrected chi connectivity index (χ0v) is 9.64. The minimum Gasteiger partial charge on any atom is -0.296 e. The molecule has 2 aliphatic rings. The van der Waals surface area contributed by atoms with Crippen LogP contribution in [0.15, 0.2) is 9.98 Å². The van der Waals surface area contributed by atoms with Gasteiger partial charge in [0.1, 0.15) is 9.61 Å². The van der Waals surface area contributed by atoms with Crippen LogP contribution in [0.2, 0.25) is 0 Å². The van der Waals surface area contributed by atoms with Crippen molar-refractivity contribution in [3.8, 4) is 0 Å². The van der Waals surface area contributed by atoms with Crippen LogP contribution >= 0.6 is 27.3 Å². The lowest BCUT2D eigenvalue weighted by atomic mass is 10.4. The van der Waals surface area contributed by atoms with E-state index in [1.165, 1.54) is 24.5 Å². The van der Waals surface area contributed by atoms with E-state index in [0.29, 0.717) is 0 Å². The van der Waals surface area contributed by atoms with Crippen molar-refractivity contribution in [1.82, 2.24) is 9.88 Å². The highest BCUT2D eigenvalue weighted by Crippen LogP contribution is 2.45. The fourth-order valence-electron chi connectivity index (χ4n) is 2.18. The zero-order valence-electron chi connectivity index (χ0n) is 7.24. The molecular weight excluding hydrogens is 248 g/mol. The van der Waals surface area contributed by atoms with Crippen molar-refractivity contribution < 1.29 is 0 Å². The number of nitrogens with zero attached hydrogens (tertiary/aromatic N) is 2. The standard InChI is InChI=1S/C9H11BrN2S/c10-8-5-13-9(11-8)4-12-2-6-1-7(6)3-12/h5-7H,1-4H2/t6-,7-/m1/s1. The first-order valence-corrected chi connectivity index (χ1v) is 6.31. The lowest BCUT2D eigenvalue weighted by Crippen LogP contribution is -2.21. The lowest BCUT2D eigenvalue weighted by molar-refractivity contribution is 0.296. The molecule has 1 aliphatic carbocycles. The number of thiazole rings is 1. The predicted octanol–water partition coefficient (Wildman–Crippen LogP) is 2.36. The molecule has 2 heterocycles. The molecule has 1 aromatic rings. The van der Waals surface area contributed by atoms with Crippen molar-refractivity contribution in [3.05, 3.63) is 15.0 Å². The highest BCUT2D eigenvalue weighted by molar-refractivity contribution is 9.10. The third-order valence-corrected chi connectivity index (χ3v) is 4.48. The van der Waals surface area contributed by atoms with Gasteiger partial charge in [-0.05, 0) is 34.2 Å². The number of hydrogen-bond acceptors (Lipinski definition) is 3. The molecule has 3 rings (SSSR count). The van der Waals surface area contributed by atoms with Gasteiger partial charge < -0.3 is 0 Å². The Morgan fingerprint density at radius 3 is 2.92 bits per heavy atom. The van der Waals surface area contributed by atoms with Crippen molar-refractivity contribution in [2.75, 3.05) is 13.1 Å². The van der Waals surface area contributed by atoms with Gasteiger partial charge in [-0.25, -0.2) is 4.98 Å². The third-order valence-electron chi connectivity index (χ3n) is 2.94. The number of piperidine rings is 1. The van der Waals surface area contributed by atoms with E-state index in [-0.39, 0.29) is 0 Å². The first-order valence-electron chi connectivity index (χ1n) is 4.63. The maximum absolute atomic E-state index is 4.41. The maximum Gasteiger partial charge on any atom is 0.117 e. The Morgan fingerprint density at radius 2 is 2.31 bits per heavy atom. The second-order valence-corrected chi connectivity index (χ2v) is 5.77. The number of halogens is 1. The summed E-state index contributed by atoms with van der Waals surface area (Å²) in [5.74, 6) is 2.06. The third kappa shape index (κ3) is 1.67. The van der Waals surface area contributed by atoms with Crippen LogP contribution in [0.25, 0.3) is 0 Å². The average molecular weight is 259 g/mol. The van der Waals surface area contributed by atoms with Gasteiger partial charge in [-0.3, -0.25) is 4.90 Å². The van der Waals surface area contributed by atoms with Crippen LogP contribution in [0.3, 0.4) is 0 Å². The molecule has 4 heteroatoms. The van der Waals surface area contributed by atoms with Gasteiger partial charge in [-0.2, -0.15) is 0 Å². The van der Waals surface area contributed by atoms with Gasteiger partial charge in [-0.1, -0.05) is 0 Å². The number of hydrogen-bond donors (Lipinski definition) is 0. The summed E-state index contributed by atoms with van der Waals surface area (Å²) in [5.41, 5.74) is 0. The lowest BCUT2D eigenvalue weighted by Gasteiger charge is -2.14. The fraction of sp³-hybridized carbons (Fsp3) is 0.667.